The molecule has 0 aliphatic heterocycles. The summed E-state index contributed by atoms with van der Waals surface area (Å²) < 4.78 is 17.1. The number of aliphatic hydroxyl groups is 1. The molecule has 0 fully saturated rings. The Morgan fingerprint density at radius 1 is 0.909 bits per heavy atom. The van der Waals surface area contributed by atoms with Gasteiger partial charge in [0.1, 0.15) is 6.10 Å². The van der Waals surface area contributed by atoms with Crippen molar-refractivity contribution in [2.24, 2.45) is 11.8 Å². The Bertz CT molecular complexity index is 1470. The molecule has 44 heavy (non-hydrogen) atoms. The second-order valence-corrected chi connectivity index (χ2v) is 11.4. The van der Waals surface area contributed by atoms with E-state index < -0.39 is 6.10 Å². The minimum Gasteiger partial charge on any atom is -0.504 e. The summed E-state index contributed by atoms with van der Waals surface area (Å²) in [5, 5.41) is 20.2. The van der Waals surface area contributed by atoms with Gasteiger partial charge < -0.3 is 24.4 Å². The number of rotatable bonds is 14. The molecule has 0 aromatic heterocycles. The Balaban J connectivity index is 1.67. The van der Waals surface area contributed by atoms with Crippen LogP contribution in [0, 0.1) is 11.8 Å². The van der Waals surface area contributed by atoms with E-state index >= 15 is 0 Å². The van der Waals surface area contributed by atoms with E-state index in [0.717, 1.165) is 11.1 Å². The van der Waals surface area contributed by atoms with Crippen LogP contribution in [0.3, 0.4) is 0 Å². The molecule has 3 rings (SSSR count). The number of ether oxygens (including phenoxy) is 3. The van der Waals surface area contributed by atoms with Crippen molar-refractivity contribution in [3.63, 3.8) is 0 Å². The largest absolute Gasteiger partial charge is 0.504 e. The molecule has 2 aromatic carbocycles. The SMILES string of the molecule is COc1cc(/C=C/C(=O)CC(=O)/C=C/c2ccc(OC3C=C(C)C(O)CC3C(C)CC(=O)C=C(C)C)c(OC)c2)ccc1O. The third-order valence-electron chi connectivity index (χ3n) is 7.50. The molecule has 8 nitrogen and oxygen atoms in total. The van der Waals surface area contributed by atoms with Crippen LogP contribution in [-0.4, -0.2) is 54.0 Å². The van der Waals surface area contributed by atoms with E-state index in [0.29, 0.717) is 35.5 Å². The lowest BCUT2D eigenvalue weighted by atomic mass is 9.76. The smallest absolute Gasteiger partial charge is 0.163 e. The van der Waals surface area contributed by atoms with Crippen LogP contribution in [0.2, 0.25) is 0 Å². The number of ketones is 3. The fourth-order valence-electron chi connectivity index (χ4n) is 5.10. The number of hydrogen-bond donors (Lipinski definition) is 2. The van der Waals surface area contributed by atoms with Gasteiger partial charge in [0, 0.05) is 12.3 Å². The van der Waals surface area contributed by atoms with Crippen LogP contribution in [0.25, 0.3) is 12.2 Å². The molecule has 0 spiro atoms. The van der Waals surface area contributed by atoms with Gasteiger partial charge in [0.25, 0.3) is 0 Å². The highest BCUT2D eigenvalue weighted by atomic mass is 16.5. The normalized spacial score (nSPS) is 18.9. The lowest BCUT2D eigenvalue weighted by molar-refractivity contribution is -0.122. The molecular weight excluding hydrogens is 560 g/mol. The van der Waals surface area contributed by atoms with Gasteiger partial charge in [-0.05, 0) is 98.4 Å². The summed E-state index contributed by atoms with van der Waals surface area (Å²) in [6.45, 7) is 7.65. The summed E-state index contributed by atoms with van der Waals surface area (Å²) in [6.07, 6.45) is 8.97. The Morgan fingerprint density at radius 3 is 2.09 bits per heavy atom. The van der Waals surface area contributed by atoms with E-state index in [-0.39, 0.29) is 53.2 Å². The van der Waals surface area contributed by atoms with E-state index in [1.807, 2.05) is 33.8 Å². The first-order chi connectivity index (χ1) is 20.9. The van der Waals surface area contributed by atoms with Gasteiger partial charge in [0.15, 0.2) is 40.3 Å². The number of methoxy groups -OCH3 is 2. The monoisotopic (exact) mass is 602 g/mol. The number of phenols is 1. The highest BCUT2D eigenvalue weighted by Gasteiger charge is 2.35. The topological polar surface area (TPSA) is 119 Å². The molecule has 2 N–H and O–H groups in total. The van der Waals surface area contributed by atoms with Crippen molar-refractivity contribution in [1.82, 2.24) is 0 Å². The van der Waals surface area contributed by atoms with E-state index in [1.54, 1.807) is 48.6 Å². The van der Waals surface area contributed by atoms with Crippen LogP contribution in [0.15, 0.2) is 71.8 Å². The molecule has 0 amide bonds. The van der Waals surface area contributed by atoms with Crippen molar-refractivity contribution in [3.8, 4) is 23.0 Å². The fraction of sp³-hybridized carbons (Fsp3) is 0.361. The predicted molar refractivity (Wildman–Crippen MR) is 171 cm³/mol. The first-order valence-corrected chi connectivity index (χ1v) is 14.6. The minimum atomic E-state index is -0.591. The Labute approximate surface area is 259 Å². The molecule has 0 bridgehead atoms. The number of aliphatic hydroxyl groups excluding tert-OH is 1. The summed E-state index contributed by atoms with van der Waals surface area (Å²) in [5.74, 6) is 0.466. The highest BCUT2D eigenvalue weighted by Crippen LogP contribution is 2.37. The maximum atomic E-state index is 12.5. The van der Waals surface area contributed by atoms with Crippen molar-refractivity contribution < 1.29 is 38.8 Å². The molecule has 0 radical (unpaired) electrons. The van der Waals surface area contributed by atoms with Crippen molar-refractivity contribution in [2.45, 2.75) is 59.2 Å². The number of carbonyl (C=O) groups is 3. The van der Waals surface area contributed by atoms with Gasteiger partial charge in [-0.25, -0.2) is 0 Å². The summed E-state index contributed by atoms with van der Waals surface area (Å²) in [4.78, 5) is 37.2. The maximum absolute atomic E-state index is 12.5. The van der Waals surface area contributed by atoms with Gasteiger partial charge >= 0.3 is 0 Å². The molecule has 4 atom stereocenters. The number of allylic oxidation sites excluding steroid dienone is 4. The maximum Gasteiger partial charge on any atom is 0.163 e. The van der Waals surface area contributed by atoms with Crippen LogP contribution < -0.4 is 14.2 Å². The summed E-state index contributed by atoms with van der Waals surface area (Å²) >= 11 is 0. The lowest BCUT2D eigenvalue weighted by Crippen LogP contribution is -2.38. The van der Waals surface area contributed by atoms with Gasteiger partial charge in [0.05, 0.1) is 26.7 Å². The van der Waals surface area contributed by atoms with Gasteiger partial charge in [-0.3, -0.25) is 14.4 Å². The molecule has 1 aliphatic rings. The average Bonchev–Trinajstić information content (AvgIpc) is 2.97. The quantitative estimate of drug-likeness (QED) is 0.147. The van der Waals surface area contributed by atoms with Crippen LogP contribution in [0.5, 0.6) is 23.0 Å². The van der Waals surface area contributed by atoms with E-state index in [1.165, 1.54) is 32.4 Å². The number of carbonyl (C=O) groups excluding carboxylic acids is 3. The molecule has 0 heterocycles. The van der Waals surface area contributed by atoms with Gasteiger partial charge in [-0.1, -0.05) is 36.8 Å². The summed E-state index contributed by atoms with van der Waals surface area (Å²) in [7, 11) is 2.96. The van der Waals surface area contributed by atoms with Crippen LogP contribution >= 0.6 is 0 Å². The molecule has 1 aliphatic carbocycles. The Morgan fingerprint density at radius 2 is 1.50 bits per heavy atom. The van der Waals surface area contributed by atoms with E-state index in [4.69, 9.17) is 14.2 Å². The third-order valence-corrected chi connectivity index (χ3v) is 7.50. The Kier molecular flexibility index (Phi) is 12.3. The molecule has 8 heteroatoms. The molecule has 2 aromatic rings. The second kappa shape index (κ2) is 15.9. The predicted octanol–water partition coefficient (Wildman–Crippen LogP) is 6.30. The number of benzene rings is 2. The van der Waals surface area contributed by atoms with Crippen molar-refractivity contribution in [1.29, 1.82) is 0 Å². The Hall–Kier alpha value is -4.43. The third kappa shape index (κ3) is 9.81. The lowest BCUT2D eigenvalue weighted by Gasteiger charge is -2.36. The van der Waals surface area contributed by atoms with Crippen molar-refractivity contribution >= 4 is 29.5 Å². The first-order valence-electron chi connectivity index (χ1n) is 14.6. The zero-order chi connectivity index (χ0) is 32.4. The van der Waals surface area contributed by atoms with E-state index in [9.17, 15) is 24.6 Å². The zero-order valence-electron chi connectivity index (χ0n) is 26.2. The molecule has 234 valence electrons. The van der Waals surface area contributed by atoms with Gasteiger partial charge in [0.2, 0.25) is 0 Å². The fourth-order valence-corrected chi connectivity index (χ4v) is 5.10. The molecule has 0 saturated carbocycles. The van der Waals surface area contributed by atoms with Crippen LogP contribution in [0.1, 0.15) is 58.1 Å². The highest BCUT2D eigenvalue weighted by molar-refractivity contribution is 6.10. The number of aromatic hydroxyl groups is 1. The van der Waals surface area contributed by atoms with Gasteiger partial charge in [-0.15, -0.1) is 0 Å². The standard InChI is InChI=1S/C36H42O8/c1-22(2)15-29(39)16-23(3)30-21-32(41)24(4)17-34(30)44-33-14-10-26(19-36(33)43-6)8-12-28(38)20-27(37)11-7-25-9-13-31(40)35(18-25)42-5/h7-15,17-19,23,30,32,34,40-41H,16,20-21H2,1-6H3/b11-7+,12-8+. The molecule has 4 unspecified atom stereocenters. The van der Waals surface area contributed by atoms with Crippen molar-refractivity contribution in [3.05, 3.63) is 83.0 Å². The van der Waals surface area contributed by atoms with Crippen molar-refractivity contribution in [2.75, 3.05) is 14.2 Å². The molecular formula is C36H42O8. The first kappa shape index (κ1) is 34.1. The second-order valence-electron chi connectivity index (χ2n) is 11.4. The summed E-state index contributed by atoms with van der Waals surface area (Å²) in [6, 6.07) is 9.97. The molecule has 0 saturated heterocycles. The van der Waals surface area contributed by atoms with E-state index in [2.05, 4.69) is 0 Å². The summed E-state index contributed by atoms with van der Waals surface area (Å²) in [5.41, 5.74) is 3.10. The minimum absolute atomic E-state index is 0.00418. The van der Waals surface area contributed by atoms with Crippen LogP contribution in [-0.2, 0) is 14.4 Å². The number of phenolic OH excluding ortho intramolecular Hbond substituents is 1. The van der Waals surface area contributed by atoms with Gasteiger partial charge in [-0.2, -0.15) is 0 Å². The zero-order valence-corrected chi connectivity index (χ0v) is 26.2. The average molecular weight is 603 g/mol. The van der Waals surface area contributed by atoms with Crippen LogP contribution in [0.4, 0.5) is 0 Å². The number of hydrogen-bond acceptors (Lipinski definition) is 8.